The maximum Gasteiger partial charge on any atom is 0.256 e. The minimum absolute atomic E-state index is 0.0938. The summed E-state index contributed by atoms with van der Waals surface area (Å²) >= 11 is 0. The minimum Gasteiger partial charge on any atom is -0.493 e. The molecule has 0 fully saturated rings. The molecular formula is C19H31NO3. The Morgan fingerprint density at radius 1 is 1.17 bits per heavy atom. The van der Waals surface area contributed by atoms with Crippen molar-refractivity contribution in [2.45, 2.75) is 59.5 Å². The molecule has 0 saturated carbocycles. The van der Waals surface area contributed by atoms with E-state index in [-0.39, 0.29) is 5.91 Å². The van der Waals surface area contributed by atoms with Crippen LogP contribution in [-0.2, 0) is 9.53 Å². The average molecular weight is 321 g/mol. The minimum atomic E-state index is -0.780. The van der Waals surface area contributed by atoms with Crippen molar-refractivity contribution in [3.05, 3.63) is 24.3 Å². The highest BCUT2D eigenvalue weighted by Crippen LogP contribution is 2.22. The van der Waals surface area contributed by atoms with E-state index in [0.717, 1.165) is 24.3 Å². The van der Waals surface area contributed by atoms with Crippen molar-refractivity contribution in [2.75, 3.05) is 18.5 Å². The van der Waals surface area contributed by atoms with Gasteiger partial charge in [-0.2, -0.15) is 0 Å². The number of nitrogens with one attached hydrogen (secondary N) is 1. The first kappa shape index (κ1) is 19.5. The smallest absolute Gasteiger partial charge is 0.256 e. The van der Waals surface area contributed by atoms with Crippen LogP contribution in [0, 0.1) is 5.92 Å². The van der Waals surface area contributed by atoms with Crippen LogP contribution in [0.4, 0.5) is 5.69 Å². The third-order valence-electron chi connectivity index (χ3n) is 3.53. The quantitative estimate of drug-likeness (QED) is 0.682. The lowest BCUT2D eigenvalue weighted by molar-refractivity contribution is -0.140. The van der Waals surface area contributed by atoms with Gasteiger partial charge in [-0.25, -0.2) is 0 Å². The molecule has 1 aromatic carbocycles. The van der Waals surface area contributed by atoms with E-state index in [4.69, 9.17) is 9.47 Å². The van der Waals surface area contributed by atoms with E-state index in [1.807, 2.05) is 38.1 Å². The van der Waals surface area contributed by atoms with Gasteiger partial charge in [-0.15, -0.1) is 0 Å². The number of benzene rings is 1. The molecule has 0 unspecified atom stereocenters. The molecule has 1 atom stereocenters. The number of ether oxygens (including phenoxy) is 2. The number of carbonyl (C=O) groups is 1. The predicted molar refractivity (Wildman–Crippen MR) is 95.0 cm³/mol. The van der Waals surface area contributed by atoms with Crippen LogP contribution in [0.15, 0.2) is 24.3 Å². The first-order chi connectivity index (χ1) is 10.9. The monoisotopic (exact) mass is 321 g/mol. The second-order valence-electron chi connectivity index (χ2n) is 6.51. The summed E-state index contributed by atoms with van der Waals surface area (Å²) in [6, 6.07) is 7.48. The van der Waals surface area contributed by atoms with Crippen molar-refractivity contribution < 1.29 is 14.3 Å². The second kappa shape index (κ2) is 9.56. The zero-order valence-electron chi connectivity index (χ0n) is 15.1. The van der Waals surface area contributed by atoms with E-state index >= 15 is 0 Å². The van der Waals surface area contributed by atoms with Crippen LogP contribution in [0.25, 0.3) is 0 Å². The van der Waals surface area contributed by atoms with Gasteiger partial charge in [0.15, 0.2) is 0 Å². The standard InChI is InChI=1S/C19H31NO3/c1-6-12-19(5,23-13-7-2)18(21)20-16-8-10-17(11-9-16)22-14-15(3)4/h8-11,15H,6-7,12-14H2,1-5H3,(H,20,21)/t19-/m1/s1. The van der Waals surface area contributed by atoms with Crippen LogP contribution < -0.4 is 10.1 Å². The van der Waals surface area contributed by atoms with Crippen LogP contribution >= 0.6 is 0 Å². The molecule has 130 valence electrons. The lowest BCUT2D eigenvalue weighted by Gasteiger charge is -2.28. The highest BCUT2D eigenvalue weighted by Gasteiger charge is 2.33. The summed E-state index contributed by atoms with van der Waals surface area (Å²) in [4.78, 5) is 12.6. The molecule has 23 heavy (non-hydrogen) atoms. The van der Waals surface area contributed by atoms with Crippen LogP contribution in [0.1, 0.15) is 53.9 Å². The Balaban J connectivity index is 2.67. The zero-order chi connectivity index (χ0) is 17.3. The molecule has 1 rings (SSSR count). The number of anilines is 1. The van der Waals surface area contributed by atoms with E-state index < -0.39 is 5.60 Å². The highest BCUT2D eigenvalue weighted by molar-refractivity contribution is 5.97. The van der Waals surface area contributed by atoms with Crippen molar-refractivity contribution in [1.29, 1.82) is 0 Å². The van der Waals surface area contributed by atoms with Gasteiger partial charge in [0.05, 0.1) is 6.61 Å². The van der Waals surface area contributed by atoms with Crippen LogP contribution in [-0.4, -0.2) is 24.7 Å². The summed E-state index contributed by atoms with van der Waals surface area (Å²) < 4.78 is 11.5. The molecule has 1 N–H and O–H groups in total. The van der Waals surface area contributed by atoms with Crippen molar-refractivity contribution in [1.82, 2.24) is 0 Å². The van der Waals surface area contributed by atoms with Crippen LogP contribution in [0.3, 0.4) is 0 Å². The topological polar surface area (TPSA) is 47.6 Å². The lowest BCUT2D eigenvalue weighted by atomic mass is 9.99. The third-order valence-corrected chi connectivity index (χ3v) is 3.53. The lowest BCUT2D eigenvalue weighted by Crippen LogP contribution is -2.43. The summed E-state index contributed by atoms with van der Waals surface area (Å²) in [5.74, 6) is 1.21. The van der Waals surface area contributed by atoms with E-state index in [1.165, 1.54) is 0 Å². The van der Waals surface area contributed by atoms with Gasteiger partial charge in [0.1, 0.15) is 11.4 Å². The molecule has 0 aliphatic rings. The fraction of sp³-hybridized carbons (Fsp3) is 0.632. The zero-order valence-corrected chi connectivity index (χ0v) is 15.1. The summed E-state index contributed by atoms with van der Waals surface area (Å²) in [7, 11) is 0. The van der Waals surface area contributed by atoms with Gasteiger partial charge in [-0.3, -0.25) is 4.79 Å². The van der Waals surface area contributed by atoms with E-state index in [0.29, 0.717) is 25.6 Å². The van der Waals surface area contributed by atoms with Crippen molar-refractivity contribution in [2.24, 2.45) is 5.92 Å². The Hall–Kier alpha value is -1.55. The summed E-state index contributed by atoms with van der Waals surface area (Å²) in [5, 5.41) is 2.95. The summed E-state index contributed by atoms with van der Waals surface area (Å²) in [6.07, 6.45) is 2.50. The normalized spacial score (nSPS) is 13.7. The molecule has 4 nitrogen and oxygen atoms in total. The predicted octanol–water partition coefficient (Wildman–Crippen LogP) is 4.65. The molecule has 0 saturated heterocycles. The van der Waals surface area contributed by atoms with Gasteiger partial charge in [0.25, 0.3) is 5.91 Å². The molecule has 0 radical (unpaired) electrons. The van der Waals surface area contributed by atoms with Gasteiger partial charge < -0.3 is 14.8 Å². The van der Waals surface area contributed by atoms with E-state index in [9.17, 15) is 4.79 Å². The first-order valence-electron chi connectivity index (χ1n) is 8.59. The molecule has 4 heteroatoms. The molecule has 0 bridgehead atoms. The molecule has 0 aromatic heterocycles. The molecule has 0 aliphatic carbocycles. The van der Waals surface area contributed by atoms with Gasteiger partial charge in [0.2, 0.25) is 0 Å². The Labute approximate surface area is 140 Å². The van der Waals surface area contributed by atoms with Crippen molar-refractivity contribution in [3.63, 3.8) is 0 Å². The molecular weight excluding hydrogens is 290 g/mol. The largest absolute Gasteiger partial charge is 0.493 e. The molecule has 0 heterocycles. The van der Waals surface area contributed by atoms with E-state index in [1.54, 1.807) is 0 Å². The first-order valence-corrected chi connectivity index (χ1v) is 8.59. The Morgan fingerprint density at radius 3 is 2.35 bits per heavy atom. The molecule has 1 amide bonds. The van der Waals surface area contributed by atoms with Gasteiger partial charge in [-0.05, 0) is 49.9 Å². The van der Waals surface area contributed by atoms with Crippen LogP contribution in [0.5, 0.6) is 5.75 Å². The maximum absolute atomic E-state index is 12.6. The summed E-state index contributed by atoms with van der Waals surface area (Å²) in [6.45, 7) is 11.5. The SMILES string of the molecule is CCCO[C@](C)(CCC)C(=O)Nc1ccc(OCC(C)C)cc1. The third kappa shape index (κ3) is 6.61. The average Bonchev–Trinajstić information content (AvgIpc) is 2.52. The van der Waals surface area contributed by atoms with Gasteiger partial charge in [-0.1, -0.05) is 34.1 Å². The highest BCUT2D eigenvalue weighted by atomic mass is 16.5. The molecule has 0 aliphatic heterocycles. The number of hydrogen-bond donors (Lipinski definition) is 1. The van der Waals surface area contributed by atoms with Crippen LogP contribution in [0.2, 0.25) is 0 Å². The number of amides is 1. The Bertz CT molecular complexity index is 470. The Kier molecular flexibility index (Phi) is 8.10. The van der Waals surface area contributed by atoms with Gasteiger partial charge >= 0.3 is 0 Å². The van der Waals surface area contributed by atoms with Crippen molar-refractivity contribution in [3.8, 4) is 5.75 Å². The number of rotatable bonds is 10. The maximum atomic E-state index is 12.6. The van der Waals surface area contributed by atoms with E-state index in [2.05, 4.69) is 26.1 Å². The fourth-order valence-corrected chi connectivity index (χ4v) is 2.22. The van der Waals surface area contributed by atoms with Gasteiger partial charge in [0, 0.05) is 12.3 Å². The number of carbonyl (C=O) groups excluding carboxylic acids is 1. The Morgan fingerprint density at radius 2 is 1.83 bits per heavy atom. The number of hydrogen-bond acceptors (Lipinski definition) is 3. The summed E-state index contributed by atoms with van der Waals surface area (Å²) in [5.41, 5.74) is -0.0216. The van der Waals surface area contributed by atoms with Crippen molar-refractivity contribution >= 4 is 11.6 Å². The second-order valence-corrected chi connectivity index (χ2v) is 6.51. The fourth-order valence-electron chi connectivity index (χ4n) is 2.22. The molecule has 0 spiro atoms. The molecule has 1 aromatic rings.